The van der Waals surface area contributed by atoms with Crippen molar-refractivity contribution >= 4 is 29.3 Å². The molecular weight excluding hydrogens is 422 g/mol. The van der Waals surface area contributed by atoms with Crippen molar-refractivity contribution in [3.8, 4) is 5.75 Å². The summed E-state index contributed by atoms with van der Waals surface area (Å²) in [5.41, 5.74) is 4.12. The van der Waals surface area contributed by atoms with Crippen molar-refractivity contribution in [2.45, 2.75) is 38.9 Å². The Labute approximate surface area is 192 Å². The fourth-order valence-corrected chi connectivity index (χ4v) is 4.31. The lowest BCUT2D eigenvalue weighted by molar-refractivity contribution is -0.113. The number of carbonyl (C=O) groups is 1. The van der Waals surface area contributed by atoms with Gasteiger partial charge in [-0.2, -0.15) is 4.98 Å². The zero-order valence-corrected chi connectivity index (χ0v) is 19.5. The van der Waals surface area contributed by atoms with Gasteiger partial charge >= 0.3 is 0 Å². The van der Waals surface area contributed by atoms with E-state index in [-0.39, 0.29) is 5.91 Å². The fraction of sp³-hybridized carbons (Fsp3) is 0.292. The van der Waals surface area contributed by atoms with Gasteiger partial charge in [-0.1, -0.05) is 43.0 Å². The fourth-order valence-electron chi connectivity index (χ4n) is 3.76. The number of hydrogen-bond acceptors (Lipinski definition) is 6. The molecule has 3 aromatic rings. The summed E-state index contributed by atoms with van der Waals surface area (Å²) in [7, 11) is 0. The number of aromatic nitrogens is 3. The Kier molecular flexibility index (Phi) is 6.50. The maximum absolute atomic E-state index is 13.5. The van der Waals surface area contributed by atoms with E-state index >= 15 is 0 Å². The number of allylic oxidation sites excluding steroid dienone is 1. The van der Waals surface area contributed by atoms with E-state index < -0.39 is 6.04 Å². The smallest absolute Gasteiger partial charge is 0.255 e. The maximum atomic E-state index is 13.5. The van der Waals surface area contributed by atoms with Crippen LogP contribution in [0.2, 0.25) is 0 Å². The lowest BCUT2D eigenvalue weighted by Gasteiger charge is -2.28. The SMILES string of the molecule is CCOc1ccc(C2C(C(=O)Nc3cccc(C)c3)=C(C)Nc3nc(SCC)nn32)cc1. The number of nitrogens with zero attached hydrogens (tertiary/aromatic N) is 3. The number of rotatable bonds is 7. The Balaban J connectivity index is 1.75. The average molecular weight is 450 g/mol. The third-order valence-electron chi connectivity index (χ3n) is 5.13. The summed E-state index contributed by atoms with van der Waals surface area (Å²) in [5.74, 6) is 2.11. The minimum atomic E-state index is -0.412. The molecule has 2 heterocycles. The Morgan fingerprint density at radius 3 is 2.66 bits per heavy atom. The summed E-state index contributed by atoms with van der Waals surface area (Å²) in [6.45, 7) is 8.51. The van der Waals surface area contributed by atoms with E-state index in [0.717, 1.165) is 34.0 Å². The third kappa shape index (κ3) is 4.50. The molecule has 0 aliphatic carbocycles. The Hall–Kier alpha value is -3.26. The van der Waals surface area contributed by atoms with E-state index in [1.165, 1.54) is 0 Å². The second-order valence-corrected chi connectivity index (χ2v) is 8.72. The first kappa shape index (κ1) is 22.0. The zero-order valence-electron chi connectivity index (χ0n) is 18.7. The minimum Gasteiger partial charge on any atom is -0.494 e. The minimum absolute atomic E-state index is 0.176. The zero-order chi connectivity index (χ0) is 22.7. The third-order valence-corrected chi connectivity index (χ3v) is 5.85. The second-order valence-electron chi connectivity index (χ2n) is 7.49. The predicted octanol–water partition coefficient (Wildman–Crippen LogP) is 5.02. The van der Waals surface area contributed by atoms with Crippen LogP contribution in [-0.2, 0) is 4.79 Å². The molecule has 4 rings (SSSR count). The molecule has 0 spiro atoms. The monoisotopic (exact) mass is 449 g/mol. The van der Waals surface area contributed by atoms with Crippen LogP contribution in [0.25, 0.3) is 0 Å². The molecule has 0 saturated heterocycles. The number of nitrogens with one attached hydrogen (secondary N) is 2. The first-order valence-electron chi connectivity index (χ1n) is 10.7. The number of thioether (sulfide) groups is 1. The van der Waals surface area contributed by atoms with Crippen molar-refractivity contribution in [1.82, 2.24) is 14.8 Å². The van der Waals surface area contributed by atoms with Crippen LogP contribution < -0.4 is 15.4 Å². The predicted molar refractivity (Wildman–Crippen MR) is 128 cm³/mol. The summed E-state index contributed by atoms with van der Waals surface area (Å²) in [4.78, 5) is 18.1. The van der Waals surface area contributed by atoms with Gasteiger partial charge in [0.15, 0.2) is 0 Å². The van der Waals surface area contributed by atoms with E-state index in [1.54, 1.807) is 16.4 Å². The Bertz CT molecular complexity index is 1150. The van der Waals surface area contributed by atoms with Crippen LogP contribution in [0.1, 0.15) is 37.9 Å². The number of amides is 1. The van der Waals surface area contributed by atoms with Crippen molar-refractivity contribution in [3.63, 3.8) is 0 Å². The topological polar surface area (TPSA) is 81.1 Å². The van der Waals surface area contributed by atoms with Gasteiger partial charge in [0.25, 0.3) is 5.91 Å². The van der Waals surface area contributed by atoms with Crippen molar-refractivity contribution < 1.29 is 9.53 Å². The normalized spacial score (nSPS) is 15.2. The van der Waals surface area contributed by atoms with Crippen molar-refractivity contribution in [2.24, 2.45) is 0 Å². The standard InChI is InChI=1S/C24H27N5O2S/c1-5-31-19-12-10-17(11-13-19)21-20(22(30)26-18-9-7-8-15(3)14-18)16(4)25-23-27-24(32-6-2)28-29(21)23/h7-14,21H,5-6H2,1-4H3,(H,26,30)(H,25,27,28). The molecular formula is C24H27N5O2S. The van der Waals surface area contributed by atoms with E-state index in [1.807, 2.05) is 69.3 Å². The number of carbonyl (C=O) groups excluding carboxylic acids is 1. The van der Waals surface area contributed by atoms with Crippen LogP contribution in [-0.4, -0.2) is 33.0 Å². The molecule has 166 valence electrons. The number of anilines is 2. The Morgan fingerprint density at radius 1 is 1.19 bits per heavy atom. The summed E-state index contributed by atoms with van der Waals surface area (Å²) in [6, 6.07) is 15.2. The Morgan fingerprint density at radius 2 is 1.97 bits per heavy atom. The summed E-state index contributed by atoms with van der Waals surface area (Å²) < 4.78 is 7.40. The molecule has 2 aromatic carbocycles. The van der Waals surface area contributed by atoms with Crippen LogP contribution in [0.4, 0.5) is 11.6 Å². The summed E-state index contributed by atoms with van der Waals surface area (Å²) in [6.07, 6.45) is 0. The molecule has 0 bridgehead atoms. The van der Waals surface area contributed by atoms with Gasteiger partial charge in [0.1, 0.15) is 11.8 Å². The second kappa shape index (κ2) is 9.48. The molecule has 1 aliphatic heterocycles. The average Bonchev–Trinajstić information content (AvgIpc) is 3.15. The van der Waals surface area contributed by atoms with E-state index in [9.17, 15) is 4.79 Å². The van der Waals surface area contributed by atoms with Crippen molar-refractivity contribution in [2.75, 3.05) is 23.0 Å². The lowest BCUT2D eigenvalue weighted by Crippen LogP contribution is -2.31. The van der Waals surface area contributed by atoms with Gasteiger partial charge in [-0.25, -0.2) is 4.68 Å². The number of fused-ring (bicyclic) bond motifs is 1. The highest BCUT2D eigenvalue weighted by atomic mass is 32.2. The molecule has 7 nitrogen and oxygen atoms in total. The van der Waals surface area contributed by atoms with E-state index in [2.05, 4.69) is 22.5 Å². The summed E-state index contributed by atoms with van der Waals surface area (Å²) in [5, 5.41) is 11.7. The quantitative estimate of drug-likeness (QED) is 0.493. The van der Waals surface area contributed by atoms with Crippen LogP contribution in [0.5, 0.6) is 5.75 Å². The highest BCUT2D eigenvalue weighted by Gasteiger charge is 2.34. The largest absolute Gasteiger partial charge is 0.494 e. The lowest BCUT2D eigenvalue weighted by atomic mass is 9.95. The number of benzene rings is 2. The van der Waals surface area contributed by atoms with Crippen LogP contribution in [0.15, 0.2) is 65.0 Å². The van der Waals surface area contributed by atoms with Crippen LogP contribution in [0, 0.1) is 6.92 Å². The molecule has 0 fully saturated rings. The molecule has 0 radical (unpaired) electrons. The molecule has 32 heavy (non-hydrogen) atoms. The van der Waals surface area contributed by atoms with Crippen molar-refractivity contribution in [3.05, 3.63) is 70.9 Å². The van der Waals surface area contributed by atoms with Gasteiger partial charge in [0.05, 0.1) is 12.2 Å². The van der Waals surface area contributed by atoms with Gasteiger partial charge in [-0.15, -0.1) is 5.10 Å². The highest BCUT2D eigenvalue weighted by molar-refractivity contribution is 7.99. The molecule has 1 aromatic heterocycles. The van der Waals surface area contributed by atoms with Gasteiger partial charge in [-0.3, -0.25) is 4.79 Å². The first-order valence-corrected chi connectivity index (χ1v) is 11.7. The molecule has 1 atom stereocenters. The molecule has 1 amide bonds. The number of hydrogen-bond donors (Lipinski definition) is 2. The summed E-state index contributed by atoms with van der Waals surface area (Å²) >= 11 is 1.57. The first-order chi connectivity index (χ1) is 15.5. The van der Waals surface area contributed by atoms with Gasteiger partial charge in [-0.05, 0) is 61.9 Å². The van der Waals surface area contributed by atoms with E-state index in [4.69, 9.17) is 9.84 Å². The molecule has 1 unspecified atom stereocenters. The number of aryl methyl sites for hydroxylation is 1. The number of ether oxygens (including phenoxy) is 1. The van der Waals surface area contributed by atoms with E-state index in [0.29, 0.717) is 23.3 Å². The molecule has 1 aliphatic rings. The van der Waals surface area contributed by atoms with Crippen LogP contribution in [0.3, 0.4) is 0 Å². The van der Waals surface area contributed by atoms with Gasteiger partial charge in [0.2, 0.25) is 11.1 Å². The highest BCUT2D eigenvalue weighted by Crippen LogP contribution is 2.37. The molecule has 8 heteroatoms. The maximum Gasteiger partial charge on any atom is 0.255 e. The van der Waals surface area contributed by atoms with Gasteiger partial charge < -0.3 is 15.4 Å². The van der Waals surface area contributed by atoms with Crippen LogP contribution >= 0.6 is 11.8 Å². The molecule has 0 saturated carbocycles. The molecule has 2 N–H and O–H groups in total. The van der Waals surface area contributed by atoms with Crippen molar-refractivity contribution in [1.29, 1.82) is 0 Å². The van der Waals surface area contributed by atoms with Gasteiger partial charge in [0, 0.05) is 11.4 Å².